The number of para-hydroxylation sites is 1. The van der Waals surface area contributed by atoms with Gasteiger partial charge in [0.05, 0.1) is 21.9 Å². The number of rotatable bonds is 4. The standard InChI is InChI=1S/C27H22N2O2S2/c1-17-9-8-14-21(18(17)2)29-26(31)24(33-27(29)32)23-20-12-6-7-13-22(20)28(25(23)30)16-15-19-10-4-3-5-11-19/h3-14H,15-16H2,1-2H3. The lowest BCUT2D eigenvalue weighted by Gasteiger charge is -2.18. The van der Waals surface area contributed by atoms with Crippen LogP contribution in [0.3, 0.4) is 0 Å². The van der Waals surface area contributed by atoms with Gasteiger partial charge < -0.3 is 4.90 Å². The number of hydrogen-bond acceptors (Lipinski definition) is 4. The molecule has 164 valence electrons. The molecule has 4 nitrogen and oxygen atoms in total. The highest BCUT2D eigenvalue weighted by Crippen LogP contribution is 2.46. The van der Waals surface area contributed by atoms with Crippen LogP contribution in [0.5, 0.6) is 0 Å². The van der Waals surface area contributed by atoms with Crippen molar-refractivity contribution in [1.82, 2.24) is 0 Å². The number of carbonyl (C=O) groups is 2. The molecule has 6 heteroatoms. The molecule has 2 aliphatic rings. The Labute approximate surface area is 202 Å². The molecule has 0 unspecified atom stereocenters. The maximum atomic E-state index is 13.6. The Morgan fingerprint density at radius 3 is 2.30 bits per heavy atom. The average molecular weight is 471 g/mol. The lowest BCUT2D eigenvalue weighted by molar-refractivity contribution is -0.115. The normalized spacial score (nSPS) is 17.8. The number of benzene rings is 3. The van der Waals surface area contributed by atoms with Crippen molar-refractivity contribution < 1.29 is 9.59 Å². The molecule has 0 saturated carbocycles. The van der Waals surface area contributed by atoms with Crippen LogP contribution in [0.25, 0.3) is 5.57 Å². The average Bonchev–Trinajstić information content (AvgIpc) is 3.26. The highest BCUT2D eigenvalue weighted by atomic mass is 32.2. The molecule has 33 heavy (non-hydrogen) atoms. The highest BCUT2D eigenvalue weighted by molar-refractivity contribution is 8.27. The SMILES string of the molecule is Cc1cccc(N2C(=O)C(=C3C(=O)N(CCc4ccccc4)c4ccccc43)SC2=S)c1C. The monoisotopic (exact) mass is 470 g/mol. The fraction of sp³-hybridized carbons (Fsp3) is 0.148. The van der Waals surface area contributed by atoms with E-state index < -0.39 is 0 Å². The summed E-state index contributed by atoms with van der Waals surface area (Å²) in [4.78, 5) is 31.0. The second-order valence-electron chi connectivity index (χ2n) is 8.14. The fourth-order valence-electron chi connectivity index (χ4n) is 4.31. The molecule has 3 aromatic carbocycles. The Bertz CT molecular complexity index is 1330. The van der Waals surface area contributed by atoms with E-state index in [1.807, 2.05) is 74.5 Å². The summed E-state index contributed by atoms with van der Waals surface area (Å²) in [6, 6.07) is 23.6. The van der Waals surface area contributed by atoms with Crippen molar-refractivity contribution in [2.75, 3.05) is 16.3 Å². The summed E-state index contributed by atoms with van der Waals surface area (Å²) >= 11 is 6.82. The minimum Gasteiger partial charge on any atom is -0.307 e. The third kappa shape index (κ3) is 3.69. The van der Waals surface area contributed by atoms with Gasteiger partial charge in [0.1, 0.15) is 0 Å². The summed E-state index contributed by atoms with van der Waals surface area (Å²) in [5.41, 5.74) is 6.10. The van der Waals surface area contributed by atoms with Crippen molar-refractivity contribution in [2.24, 2.45) is 0 Å². The predicted molar refractivity (Wildman–Crippen MR) is 139 cm³/mol. The van der Waals surface area contributed by atoms with Gasteiger partial charge in [-0.2, -0.15) is 0 Å². The number of thiocarbonyl (C=S) groups is 1. The first kappa shape index (κ1) is 21.6. The second-order valence-corrected chi connectivity index (χ2v) is 9.79. The van der Waals surface area contributed by atoms with E-state index in [0.29, 0.717) is 21.3 Å². The van der Waals surface area contributed by atoms with E-state index in [-0.39, 0.29) is 11.8 Å². The van der Waals surface area contributed by atoms with Gasteiger partial charge in [0.15, 0.2) is 4.32 Å². The number of nitrogens with zero attached hydrogens (tertiary/aromatic N) is 2. The molecule has 1 fully saturated rings. The number of hydrogen-bond donors (Lipinski definition) is 0. The summed E-state index contributed by atoms with van der Waals surface area (Å²) in [5.74, 6) is -0.379. The number of fused-ring (bicyclic) bond motifs is 1. The van der Waals surface area contributed by atoms with Crippen molar-refractivity contribution >= 4 is 57.1 Å². The zero-order valence-corrected chi connectivity index (χ0v) is 20.0. The zero-order chi connectivity index (χ0) is 23.1. The molecule has 0 aliphatic carbocycles. The summed E-state index contributed by atoms with van der Waals surface area (Å²) < 4.78 is 0.448. The molecule has 0 spiro atoms. The van der Waals surface area contributed by atoms with Crippen LogP contribution in [-0.2, 0) is 16.0 Å². The van der Waals surface area contributed by atoms with E-state index in [9.17, 15) is 9.59 Å². The van der Waals surface area contributed by atoms with Crippen LogP contribution in [0.15, 0.2) is 77.7 Å². The predicted octanol–water partition coefficient (Wildman–Crippen LogP) is 5.67. The fourth-order valence-corrected chi connectivity index (χ4v) is 5.67. The minimum atomic E-state index is -0.234. The lowest BCUT2D eigenvalue weighted by atomic mass is 10.1. The summed E-state index contributed by atoms with van der Waals surface area (Å²) in [7, 11) is 0. The van der Waals surface area contributed by atoms with Crippen LogP contribution in [-0.4, -0.2) is 22.7 Å². The van der Waals surface area contributed by atoms with Gasteiger partial charge in [0, 0.05) is 12.1 Å². The summed E-state index contributed by atoms with van der Waals surface area (Å²) in [6.07, 6.45) is 0.734. The Hall–Kier alpha value is -3.22. The van der Waals surface area contributed by atoms with Gasteiger partial charge >= 0.3 is 0 Å². The van der Waals surface area contributed by atoms with Gasteiger partial charge in [-0.3, -0.25) is 14.5 Å². The summed E-state index contributed by atoms with van der Waals surface area (Å²) in [5, 5.41) is 0. The smallest absolute Gasteiger partial charge is 0.271 e. The highest BCUT2D eigenvalue weighted by Gasteiger charge is 2.42. The molecule has 1 saturated heterocycles. The minimum absolute atomic E-state index is 0.145. The molecule has 2 amide bonds. The first-order chi connectivity index (χ1) is 16.0. The molecule has 0 aromatic heterocycles. The molecule has 5 rings (SSSR count). The van der Waals surface area contributed by atoms with Gasteiger partial charge in [-0.05, 0) is 49.1 Å². The maximum Gasteiger partial charge on any atom is 0.271 e. The lowest BCUT2D eigenvalue weighted by Crippen LogP contribution is -2.30. The molecule has 3 aromatic rings. The van der Waals surface area contributed by atoms with Gasteiger partial charge in [0.2, 0.25) is 0 Å². The van der Waals surface area contributed by atoms with E-state index in [0.717, 1.165) is 40.0 Å². The first-order valence-electron chi connectivity index (χ1n) is 10.8. The maximum absolute atomic E-state index is 13.6. The topological polar surface area (TPSA) is 40.6 Å². The van der Waals surface area contributed by atoms with Crippen LogP contribution in [0.2, 0.25) is 0 Å². The Kier molecular flexibility index (Phi) is 5.64. The molecule has 0 radical (unpaired) electrons. The third-order valence-corrected chi connectivity index (χ3v) is 7.58. The van der Waals surface area contributed by atoms with Crippen LogP contribution in [0, 0.1) is 13.8 Å². The van der Waals surface area contributed by atoms with Crippen LogP contribution < -0.4 is 9.80 Å². The number of thioether (sulfide) groups is 1. The van der Waals surface area contributed by atoms with E-state index in [4.69, 9.17) is 12.2 Å². The quantitative estimate of drug-likeness (QED) is 0.364. The van der Waals surface area contributed by atoms with Gasteiger partial charge in [-0.15, -0.1) is 0 Å². The Morgan fingerprint density at radius 1 is 0.818 bits per heavy atom. The van der Waals surface area contributed by atoms with Crippen molar-refractivity contribution in [1.29, 1.82) is 0 Å². The van der Waals surface area contributed by atoms with Gasteiger partial charge in [0.25, 0.3) is 11.8 Å². The number of anilines is 2. The molecule has 2 aliphatic heterocycles. The Morgan fingerprint density at radius 2 is 1.52 bits per heavy atom. The second kappa shape index (κ2) is 8.61. The van der Waals surface area contributed by atoms with Crippen molar-refractivity contribution in [2.45, 2.75) is 20.3 Å². The third-order valence-electron chi connectivity index (χ3n) is 6.20. The van der Waals surface area contributed by atoms with Crippen LogP contribution in [0.4, 0.5) is 11.4 Å². The summed E-state index contributed by atoms with van der Waals surface area (Å²) in [6.45, 7) is 4.54. The molecule has 2 heterocycles. The van der Waals surface area contributed by atoms with E-state index >= 15 is 0 Å². The van der Waals surface area contributed by atoms with Gasteiger partial charge in [-0.25, -0.2) is 0 Å². The van der Waals surface area contributed by atoms with Crippen LogP contribution >= 0.6 is 24.0 Å². The van der Waals surface area contributed by atoms with Crippen molar-refractivity contribution in [3.05, 3.63) is 100.0 Å². The number of amides is 2. The van der Waals surface area contributed by atoms with E-state index in [2.05, 4.69) is 12.1 Å². The van der Waals surface area contributed by atoms with Crippen LogP contribution in [0.1, 0.15) is 22.3 Å². The Balaban J connectivity index is 1.54. The van der Waals surface area contributed by atoms with E-state index in [1.54, 1.807) is 9.80 Å². The molecular weight excluding hydrogens is 448 g/mol. The number of carbonyl (C=O) groups excluding carboxylic acids is 2. The molecule has 0 bridgehead atoms. The first-order valence-corrected chi connectivity index (χ1v) is 12.0. The molecular formula is C27H22N2O2S2. The zero-order valence-electron chi connectivity index (χ0n) is 18.4. The largest absolute Gasteiger partial charge is 0.307 e. The van der Waals surface area contributed by atoms with Gasteiger partial charge in [-0.1, -0.05) is 84.6 Å². The van der Waals surface area contributed by atoms with Crippen molar-refractivity contribution in [3.63, 3.8) is 0 Å². The van der Waals surface area contributed by atoms with Crippen molar-refractivity contribution in [3.8, 4) is 0 Å². The van der Waals surface area contributed by atoms with E-state index in [1.165, 1.54) is 11.8 Å². The number of aryl methyl sites for hydroxylation is 1. The molecule has 0 N–H and O–H groups in total. The molecule has 0 atom stereocenters.